The Labute approximate surface area is 417 Å². The summed E-state index contributed by atoms with van der Waals surface area (Å²) in [6.07, 6.45) is 4.47. The fourth-order valence-corrected chi connectivity index (χ4v) is 12.2. The summed E-state index contributed by atoms with van der Waals surface area (Å²) in [4.78, 5) is 56.7. The minimum Gasteiger partial charge on any atom is -0.448 e. The number of likely N-dealkylation sites (N-methyl/N-ethyl adjacent to an activating group) is 1. The first-order valence-corrected chi connectivity index (χ1v) is 26.1. The number of likely N-dealkylation sites (tertiary alicyclic amines) is 1. The Hall–Kier alpha value is -6.58. The Morgan fingerprint density at radius 3 is 1.93 bits per heavy atom. The van der Waals surface area contributed by atoms with Gasteiger partial charge in [-0.1, -0.05) is 157 Å². The van der Waals surface area contributed by atoms with Crippen LogP contribution in [-0.4, -0.2) is 94.6 Å². The lowest BCUT2D eigenvalue weighted by atomic mass is 9.77. The van der Waals surface area contributed by atoms with E-state index in [4.69, 9.17) is 19.3 Å². The highest BCUT2D eigenvalue weighted by Crippen LogP contribution is 2.44. The van der Waals surface area contributed by atoms with Gasteiger partial charge in [-0.3, -0.25) is 14.5 Å². The Kier molecular flexibility index (Phi) is 14.3. The molecular weight excluding hydrogens is 917 g/mol. The second-order valence-electron chi connectivity index (χ2n) is 18.6. The first-order valence-electron chi connectivity index (χ1n) is 24.2. The number of carbonyl (C=O) groups excluding carboxylic acids is 3. The lowest BCUT2D eigenvalue weighted by molar-refractivity contribution is -0.909. The molecule has 0 spiro atoms. The minimum absolute atomic E-state index is 0.0952. The van der Waals surface area contributed by atoms with Gasteiger partial charge in [0.1, 0.15) is 34.9 Å². The van der Waals surface area contributed by atoms with Crippen molar-refractivity contribution in [2.75, 3.05) is 44.4 Å². The highest BCUT2D eigenvalue weighted by Gasteiger charge is 2.56. The van der Waals surface area contributed by atoms with Gasteiger partial charge >= 0.3 is 5.97 Å². The van der Waals surface area contributed by atoms with E-state index in [0.717, 1.165) is 76.6 Å². The van der Waals surface area contributed by atoms with E-state index >= 15 is 0 Å². The van der Waals surface area contributed by atoms with Crippen LogP contribution in [0.1, 0.15) is 78.1 Å². The van der Waals surface area contributed by atoms with E-state index < -0.39 is 47.1 Å². The van der Waals surface area contributed by atoms with E-state index in [1.54, 1.807) is 22.0 Å². The van der Waals surface area contributed by atoms with Crippen LogP contribution in [0.25, 0.3) is 0 Å². The minimum atomic E-state index is -0.963. The number of fused-ring (bicyclic) bond motifs is 1. The lowest BCUT2D eigenvalue weighted by Gasteiger charge is -2.50. The number of ether oxygens (including phenoxy) is 2. The number of amides is 2. The maximum Gasteiger partial charge on any atom is 0.356 e. The van der Waals surface area contributed by atoms with Crippen LogP contribution in [0.3, 0.4) is 0 Å². The SMILES string of the molecule is C[N+]1(CC2=C(C(=O)OC(c3ccccc3)c3ccccc3)N3C(=O)C(NC(=O)C(=NOC4CCCCO4)c4csc(NC(c5ccccc5)(c5ccccc5)c5ccccc5)n4)[C@H]3SC2)CCCCC1. The number of quaternary nitrogens is 1. The van der Waals surface area contributed by atoms with Gasteiger partial charge in [-0.2, -0.15) is 0 Å². The molecule has 14 heteroatoms. The zero-order chi connectivity index (χ0) is 47.9. The number of benzene rings is 5. The van der Waals surface area contributed by atoms with Crippen LogP contribution < -0.4 is 10.6 Å². The summed E-state index contributed by atoms with van der Waals surface area (Å²) in [5, 5.41) is 13.0. The first kappa shape index (κ1) is 47.1. The largest absolute Gasteiger partial charge is 0.448 e. The molecule has 358 valence electrons. The molecule has 0 bridgehead atoms. The smallest absolute Gasteiger partial charge is 0.356 e. The Morgan fingerprint density at radius 2 is 1.37 bits per heavy atom. The summed E-state index contributed by atoms with van der Waals surface area (Å²) in [5.41, 5.74) is 5.06. The van der Waals surface area contributed by atoms with Crippen molar-refractivity contribution in [3.63, 3.8) is 0 Å². The molecule has 1 aromatic heterocycles. The molecule has 12 nitrogen and oxygen atoms in total. The zero-order valence-electron chi connectivity index (χ0n) is 39.2. The number of carbonyl (C=O) groups is 3. The summed E-state index contributed by atoms with van der Waals surface area (Å²) in [7, 11) is 2.23. The molecule has 0 saturated carbocycles. The Balaban J connectivity index is 0.953. The number of hydrogen-bond donors (Lipinski definition) is 2. The second-order valence-corrected chi connectivity index (χ2v) is 20.5. The lowest BCUT2D eigenvalue weighted by Crippen LogP contribution is -2.71. The van der Waals surface area contributed by atoms with Crippen molar-refractivity contribution in [2.24, 2.45) is 5.16 Å². The molecule has 5 aromatic carbocycles. The fourth-order valence-electron chi connectivity index (χ4n) is 10.1. The third-order valence-electron chi connectivity index (χ3n) is 13.7. The maximum absolute atomic E-state index is 14.8. The summed E-state index contributed by atoms with van der Waals surface area (Å²) in [5.74, 6) is -1.10. The molecule has 2 unspecified atom stereocenters. The number of β-lactam (4-membered cyclic amide) rings is 1. The Morgan fingerprint density at radius 1 is 0.800 bits per heavy atom. The van der Waals surface area contributed by atoms with Crippen LogP contribution in [0.4, 0.5) is 5.13 Å². The van der Waals surface area contributed by atoms with Gasteiger partial charge in [0, 0.05) is 23.1 Å². The van der Waals surface area contributed by atoms with Crippen LogP contribution in [-0.2, 0) is 34.2 Å². The Bertz CT molecular complexity index is 2680. The van der Waals surface area contributed by atoms with Crippen molar-refractivity contribution in [3.05, 3.63) is 202 Å². The summed E-state index contributed by atoms with van der Waals surface area (Å²) < 4.78 is 13.1. The van der Waals surface area contributed by atoms with Gasteiger partial charge in [0.15, 0.2) is 16.9 Å². The van der Waals surface area contributed by atoms with E-state index in [2.05, 4.69) is 59.2 Å². The number of nitrogens with one attached hydrogen (secondary N) is 2. The van der Waals surface area contributed by atoms with Crippen LogP contribution in [0.2, 0.25) is 0 Å². The number of thiazole rings is 1. The van der Waals surface area contributed by atoms with Gasteiger partial charge in [0.2, 0.25) is 6.29 Å². The van der Waals surface area contributed by atoms with E-state index in [-0.39, 0.29) is 17.1 Å². The number of oxime groups is 1. The third-order valence-corrected chi connectivity index (χ3v) is 15.8. The predicted octanol–water partition coefficient (Wildman–Crippen LogP) is 9.41. The van der Waals surface area contributed by atoms with Crippen molar-refractivity contribution in [1.29, 1.82) is 0 Å². The molecule has 0 radical (unpaired) electrons. The topological polar surface area (TPSA) is 131 Å². The normalized spacial score (nSPS) is 20.3. The van der Waals surface area contributed by atoms with E-state index in [1.165, 1.54) is 17.8 Å². The number of nitrogens with zero attached hydrogens (tertiary/aromatic N) is 4. The summed E-state index contributed by atoms with van der Waals surface area (Å²) >= 11 is 2.88. The van der Waals surface area contributed by atoms with E-state index in [1.807, 2.05) is 115 Å². The molecule has 0 aliphatic carbocycles. The van der Waals surface area contributed by atoms with Gasteiger partial charge in [0.05, 0.1) is 26.7 Å². The molecule has 4 aliphatic rings. The number of hydrogen-bond acceptors (Lipinski definition) is 11. The average Bonchev–Trinajstić information content (AvgIpc) is 3.88. The first-order chi connectivity index (χ1) is 34.3. The van der Waals surface area contributed by atoms with Crippen molar-refractivity contribution in [3.8, 4) is 0 Å². The quantitative estimate of drug-likeness (QED) is 0.0243. The van der Waals surface area contributed by atoms with Crippen molar-refractivity contribution in [1.82, 2.24) is 15.2 Å². The number of esters is 1. The second kappa shape index (κ2) is 21.2. The summed E-state index contributed by atoms with van der Waals surface area (Å²) in [6.45, 7) is 3.11. The van der Waals surface area contributed by atoms with Gasteiger partial charge in [0.25, 0.3) is 11.8 Å². The number of thioether (sulfide) groups is 1. The third kappa shape index (κ3) is 9.91. The average molecular weight is 974 g/mol. The van der Waals surface area contributed by atoms with Crippen LogP contribution in [0, 0.1) is 0 Å². The molecule has 5 heterocycles. The number of anilines is 1. The number of piperidine rings is 1. The zero-order valence-corrected chi connectivity index (χ0v) is 40.8. The van der Waals surface area contributed by atoms with Crippen LogP contribution in [0.5, 0.6) is 0 Å². The van der Waals surface area contributed by atoms with Gasteiger partial charge < -0.3 is 29.4 Å². The molecule has 3 fully saturated rings. The number of rotatable bonds is 16. The molecular formula is C56H57N6O6S2+. The highest BCUT2D eigenvalue weighted by atomic mass is 32.2. The number of aromatic nitrogens is 1. The maximum atomic E-state index is 14.8. The van der Waals surface area contributed by atoms with E-state index in [0.29, 0.717) is 30.5 Å². The molecule has 4 aliphatic heterocycles. The van der Waals surface area contributed by atoms with Crippen molar-refractivity contribution < 1.29 is 33.2 Å². The molecule has 3 saturated heterocycles. The van der Waals surface area contributed by atoms with Crippen LogP contribution in [0.15, 0.2) is 173 Å². The summed E-state index contributed by atoms with van der Waals surface area (Å²) in [6, 6.07) is 49.0. The molecule has 6 aromatic rings. The highest BCUT2D eigenvalue weighted by molar-refractivity contribution is 8.00. The van der Waals surface area contributed by atoms with Crippen LogP contribution >= 0.6 is 23.1 Å². The fraction of sp³-hybridized carbons (Fsp3) is 0.304. The standard InChI is InChI=1S/C56H56N6O6S2/c1-62(33-19-7-20-34-62)36-41-37-69-53-48(52(64)61(53)49(41)54(65)67-50(39-22-8-2-9-23-39)40-24-10-3-11-25-40)58-51(63)47(60-68-46-32-18-21-35-66-46)45-38-70-55(57-45)59-56(42-26-12-4-13-27-42,43-28-14-5-15-29-43)44-30-16-6-17-31-44/h2-6,8-17,22-31,38,46,48,50,53H,7,18-21,32-37H2,1H3,(H-,57,58,59,63)/p+1/t46?,48?,53-/m1/s1. The van der Waals surface area contributed by atoms with E-state index in [9.17, 15) is 14.4 Å². The molecule has 10 rings (SSSR count). The van der Waals surface area contributed by atoms with Gasteiger partial charge in [-0.15, -0.1) is 23.1 Å². The predicted molar refractivity (Wildman–Crippen MR) is 274 cm³/mol. The molecule has 2 N–H and O–H groups in total. The molecule has 2 amide bonds. The van der Waals surface area contributed by atoms with Gasteiger partial charge in [-0.25, -0.2) is 9.78 Å². The monoisotopic (exact) mass is 973 g/mol. The molecule has 70 heavy (non-hydrogen) atoms. The van der Waals surface area contributed by atoms with Gasteiger partial charge in [-0.05, 0) is 59.9 Å². The van der Waals surface area contributed by atoms with Crippen molar-refractivity contribution in [2.45, 2.75) is 67.9 Å². The van der Waals surface area contributed by atoms with Crippen molar-refractivity contribution >= 4 is 51.7 Å². The molecule has 3 atom stereocenters.